The minimum absolute atomic E-state index is 0.439. The van der Waals surface area contributed by atoms with Gasteiger partial charge in [-0.25, -0.2) is 9.97 Å². The SMILES string of the molecule is CCOc1ccc(-c2csc(C(C#N)=CNc3ncc(Br)cc3Br)n2)cc1. The Morgan fingerprint density at radius 2 is 2.11 bits per heavy atom. The third-order valence-electron chi connectivity index (χ3n) is 3.48. The maximum absolute atomic E-state index is 9.50. The van der Waals surface area contributed by atoms with Crippen LogP contribution in [-0.4, -0.2) is 16.6 Å². The first-order valence-corrected chi connectivity index (χ1v) is 10.4. The van der Waals surface area contributed by atoms with E-state index in [0.717, 1.165) is 26.0 Å². The number of hydrogen-bond donors (Lipinski definition) is 1. The fraction of sp³-hybridized carbons (Fsp3) is 0.105. The molecule has 0 atom stereocenters. The molecule has 0 unspecified atom stereocenters. The summed E-state index contributed by atoms with van der Waals surface area (Å²) >= 11 is 8.22. The van der Waals surface area contributed by atoms with Gasteiger partial charge in [-0.15, -0.1) is 11.3 Å². The van der Waals surface area contributed by atoms with Crippen LogP contribution in [0.15, 0.2) is 57.1 Å². The Labute approximate surface area is 178 Å². The molecule has 3 aromatic rings. The van der Waals surface area contributed by atoms with E-state index in [9.17, 15) is 5.26 Å². The lowest BCUT2D eigenvalue weighted by molar-refractivity contribution is 0.340. The van der Waals surface area contributed by atoms with Gasteiger partial charge in [0.1, 0.15) is 28.2 Å². The fourth-order valence-electron chi connectivity index (χ4n) is 2.22. The van der Waals surface area contributed by atoms with E-state index in [4.69, 9.17) is 4.74 Å². The molecule has 1 N–H and O–H groups in total. The summed E-state index contributed by atoms with van der Waals surface area (Å²) in [6, 6.07) is 11.8. The van der Waals surface area contributed by atoms with Gasteiger partial charge in [0, 0.05) is 27.8 Å². The lowest BCUT2D eigenvalue weighted by atomic mass is 10.2. The van der Waals surface area contributed by atoms with Crippen molar-refractivity contribution in [1.29, 1.82) is 5.26 Å². The van der Waals surface area contributed by atoms with Crippen molar-refractivity contribution < 1.29 is 4.74 Å². The van der Waals surface area contributed by atoms with Crippen molar-refractivity contribution >= 4 is 54.6 Å². The summed E-state index contributed by atoms with van der Waals surface area (Å²) in [6.45, 7) is 2.58. The van der Waals surface area contributed by atoms with E-state index in [2.05, 4.69) is 53.2 Å². The number of ether oxygens (including phenoxy) is 1. The first kappa shape index (κ1) is 19.5. The third kappa shape index (κ3) is 4.95. The quantitative estimate of drug-likeness (QED) is 0.409. The Kier molecular flexibility index (Phi) is 6.61. The molecule has 8 heteroatoms. The Balaban J connectivity index is 1.79. The smallest absolute Gasteiger partial charge is 0.144 e. The number of nitriles is 1. The molecule has 2 aromatic heterocycles. The van der Waals surface area contributed by atoms with Gasteiger partial charge in [-0.3, -0.25) is 0 Å². The highest BCUT2D eigenvalue weighted by atomic mass is 79.9. The molecule has 0 fully saturated rings. The summed E-state index contributed by atoms with van der Waals surface area (Å²) in [7, 11) is 0. The Hall–Kier alpha value is -2.21. The number of thiazole rings is 1. The van der Waals surface area contributed by atoms with Gasteiger partial charge in [-0.1, -0.05) is 0 Å². The summed E-state index contributed by atoms with van der Waals surface area (Å²) in [5.41, 5.74) is 2.24. The van der Waals surface area contributed by atoms with Crippen LogP contribution >= 0.6 is 43.2 Å². The van der Waals surface area contributed by atoms with E-state index in [-0.39, 0.29) is 0 Å². The molecule has 5 nitrogen and oxygen atoms in total. The lowest BCUT2D eigenvalue weighted by Gasteiger charge is -2.04. The van der Waals surface area contributed by atoms with Crippen molar-refractivity contribution in [3.05, 3.63) is 62.1 Å². The number of hydrogen-bond acceptors (Lipinski definition) is 6. The molecule has 0 aliphatic rings. The summed E-state index contributed by atoms with van der Waals surface area (Å²) in [5.74, 6) is 1.44. The van der Waals surface area contributed by atoms with Crippen LogP contribution < -0.4 is 10.1 Å². The second kappa shape index (κ2) is 9.13. The Morgan fingerprint density at radius 1 is 1.33 bits per heavy atom. The molecule has 0 amide bonds. The van der Waals surface area contributed by atoms with E-state index in [1.165, 1.54) is 11.3 Å². The van der Waals surface area contributed by atoms with Gasteiger partial charge in [-0.05, 0) is 69.1 Å². The normalized spacial score (nSPS) is 11.1. The molecular weight excluding hydrogens is 492 g/mol. The zero-order valence-electron chi connectivity index (χ0n) is 14.2. The Morgan fingerprint density at radius 3 is 2.78 bits per heavy atom. The molecule has 0 bridgehead atoms. The molecule has 136 valence electrons. The molecule has 0 saturated heterocycles. The number of anilines is 1. The van der Waals surface area contributed by atoms with E-state index >= 15 is 0 Å². The van der Waals surface area contributed by atoms with E-state index in [1.54, 1.807) is 12.4 Å². The average Bonchev–Trinajstić information content (AvgIpc) is 3.14. The number of halogens is 2. The van der Waals surface area contributed by atoms with E-state index in [0.29, 0.717) is 23.0 Å². The van der Waals surface area contributed by atoms with Crippen molar-refractivity contribution in [2.45, 2.75) is 6.92 Å². The molecular formula is C19H14Br2N4OS. The monoisotopic (exact) mass is 504 g/mol. The van der Waals surface area contributed by atoms with E-state index < -0.39 is 0 Å². The number of rotatable bonds is 6. The summed E-state index contributed by atoms with van der Waals surface area (Å²) in [5, 5.41) is 15.1. The zero-order valence-corrected chi connectivity index (χ0v) is 18.2. The van der Waals surface area contributed by atoms with E-state index in [1.807, 2.05) is 42.6 Å². The van der Waals surface area contributed by atoms with Gasteiger partial charge in [-0.2, -0.15) is 5.26 Å². The van der Waals surface area contributed by atoms with Gasteiger partial charge in [0.15, 0.2) is 0 Å². The first-order chi connectivity index (χ1) is 13.1. The van der Waals surface area contributed by atoms with Crippen LogP contribution in [0.4, 0.5) is 5.82 Å². The predicted molar refractivity (Wildman–Crippen MR) is 116 cm³/mol. The molecule has 1 aromatic carbocycles. The third-order valence-corrected chi connectivity index (χ3v) is 5.39. The van der Waals surface area contributed by atoms with Crippen LogP contribution in [-0.2, 0) is 0 Å². The van der Waals surface area contributed by atoms with Crippen LogP contribution in [0, 0.1) is 11.3 Å². The maximum atomic E-state index is 9.50. The molecule has 0 aliphatic carbocycles. The van der Waals surface area contributed by atoms with Gasteiger partial charge >= 0.3 is 0 Å². The largest absolute Gasteiger partial charge is 0.494 e. The van der Waals surface area contributed by atoms with Crippen molar-refractivity contribution in [3.8, 4) is 23.1 Å². The highest BCUT2D eigenvalue weighted by molar-refractivity contribution is 9.11. The van der Waals surface area contributed by atoms with Crippen LogP contribution in [0.5, 0.6) is 5.75 Å². The summed E-state index contributed by atoms with van der Waals surface area (Å²) < 4.78 is 7.11. The number of nitrogens with zero attached hydrogens (tertiary/aromatic N) is 3. The minimum Gasteiger partial charge on any atom is -0.494 e. The molecule has 2 heterocycles. The highest BCUT2D eigenvalue weighted by Gasteiger charge is 2.10. The molecule has 27 heavy (non-hydrogen) atoms. The predicted octanol–water partition coefficient (Wildman–Crippen LogP) is 6.11. The van der Waals surface area contributed by atoms with Crippen molar-refractivity contribution in [2.75, 3.05) is 11.9 Å². The summed E-state index contributed by atoms with van der Waals surface area (Å²) in [6.07, 6.45) is 3.29. The minimum atomic E-state index is 0.439. The second-order valence-electron chi connectivity index (χ2n) is 5.29. The topological polar surface area (TPSA) is 70.8 Å². The van der Waals surface area contributed by atoms with Crippen molar-refractivity contribution in [3.63, 3.8) is 0 Å². The summed E-state index contributed by atoms with van der Waals surface area (Å²) in [4.78, 5) is 8.85. The second-order valence-corrected chi connectivity index (χ2v) is 7.92. The standard InChI is InChI=1S/C19H14Br2N4OS/c1-2-26-15-5-3-12(4-6-15)17-11-27-19(25-17)13(8-22)9-23-18-16(21)7-14(20)10-24-18/h3-7,9-11H,2H2,1H3,(H,23,24). The van der Waals surface area contributed by atoms with Crippen molar-refractivity contribution in [1.82, 2.24) is 9.97 Å². The number of pyridine rings is 1. The molecule has 0 radical (unpaired) electrons. The van der Waals surface area contributed by atoms with Gasteiger partial charge < -0.3 is 10.1 Å². The average molecular weight is 506 g/mol. The van der Waals surface area contributed by atoms with Gasteiger partial charge in [0.05, 0.1) is 16.8 Å². The van der Waals surface area contributed by atoms with Crippen LogP contribution in [0.3, 0.4) is 0 Å². The number of benzene rings is 1. The molecule has 3 rings (SSSR count). The number of aromatic nitrogens is 2. The van der Waals surface area contributed by atoms with Crippen LogP contribution in [0.2, 0.25) is 0 Å². The maximum Gasteiger partial charge on any atom is 0.144 e. The van der Waals surface area contributed by atoms with Gasteiger partial charge in [0.25, 0.3) is 0 Å². The fourth-order valence-corrected chi connectivity index (χ4v) is 4.12. The molecule has 0 spiro atoms. The van der Waals surface area contributed by atoms with Crippen LogP contribution in [0.25, 0.3) is 16.8 Å². The van der Waals surface area contributed by atoms with Crippen molar-refractivity contribution in [2.24, 2.45) is 0 Å². The first-order valence-electron chi connectivity index (χ1n) is 7.97. The van der Waals surface area contributed by atoms with Crippen LogP contribution in [0.1, 0.15) is 11.9 Å². The molecule has 0 aliphatic heterocycles. The van der Waals surface area contributed by atoms with Gasteiger partial charge in [0.2, 0.25) is 0 Å². The Bertz CT molecular complexity index is 1010. The lowest BCUT2D eigenvalue weighted by Crippen LogP contribution is -1.95. The zero-order chi connectivity index (χ0) is 19.2. The number of nitrogens with one attached hydrogen (secondary N) is 1. The highest BCUT2D eigenvalue weighted by Crippen LogP contribution is 2.28. The number of allylic oxidation sites excluding steroid dienone is 1. The molecule has 0 saturated carbocycles.